The Balaban J connectivity index is 1.64. The summed E-state index contributed by atoms with van der Waals surface area (Å²) in [6.45, 7) is 0. The van der Waals surface area contributed by atoms with E-state index >= 15 is 0 Å². The number of hydrogen-bond acceptors (Lipinski definition) is 7. The molecule has 4 aromatic rings. The van der Waals surface area contributed by atoms with Crippen molar-refractivity contribution >= 4 is 27.9 Å². The first-order chi connectivity index (χ1) is 15.6. The van der Waals surface area contributed by atoms with Crippen molar-refractivity contribution < 1.29 is 19.0 Å². The predicted octanol–water partition coefficient (Wildman–Crippen LogP) is 5.48. The van der Waals surface area contributed by atoms with Gasteiger partial charge in [0.25, 0.3) is 0 Å². The molecule has 7 heteroatoms. The smallest absolute Gasteiger partial charge is 0.186 e. The molecule has 4 rings (SSSR count). The number of ketones is 1. The zero-order chi connectivity index (χ0) is 22.7. The normalized spacial score (nSPS) is 11.6. The van der Waals surface area contributed by atoms with Gasteiger partial charge in [0.15, 0.2) is 23.2 Å². The fourth-order valence-electron chi connectivity index (χ4n) is 3.44. The number of rotatable bonds is 7. The third-order valence-corrected chi connectivity index (χ3v) is 6.08. The minimum Gasteiger partial charge on any atom is -0.497 e. The number of aromatic nitrogens is 1. The summed E-state index contributed by atoms with van der Waals surface area (Å²) >= 11 is 1.30. The van der Waals surface area contributed by atoms with Crippen LogP contribution in [0.3, 0.4) is 0 Å². The second-order valence-electron chi connectivity index (χ2n) is 6.99. The molecule has 0 bridgehead atoms. The van der Waals surface area contributed by atoms with Gasteiger partial charge >= 0.3 is 0 Å². The van der Waals surface area contributed by atoms with Crippen LogP contribution in [0.4, 0.5) is 0 Å². The third-order valence-electron chi connectivity index (χ3n) is 5.17. The Hall–Kier alpha value is -3.89. The van der Waals surface area contributed by atoms with Crippen LogP contribution < -0.4 is 14.2 Å². The largest absolute Gasteiger partial charge is 0.497 e. The van der Waals surface area contributed by atoms with Crippen molar-refractivity contribution in [2.45, 2.75) is 5.92 Å². The lowest BCUT2D eigenvalue weighted by Crippen LogP contribution is -2.11. The Morgan fingerprint density at radius 2 is 1.62 bits per heavy atom. The predicted molar refractivity (Wildman–Crippen MR) is 124 cm³/mol. The molecule has 0 radical (unpaired) electrons. The molecule has 0 spiro atoms. The number of fused-ring (bicyclic) bond motifs is 1. The first-order valence-electron chi connectivity index (χ1n) is 9.77. The SMILES string of the molecule is COc1ccc(-c2csc(C(C#N)C(=O)c3ccc4cc(OC)c(OC)cc4c3)n2)cc1. The molecular formula is C25H20N2O4S. The van der Waals surface area contributed by atoms with Crippen molar-refractivity contribution in [3.63, 3.8) is 0 Å². The average molecular weight is 445 g/mol. The topological polar surface area (TPSA) is 81.4 Å². The van der Waals surface area contributed by atoms with Crippen molar-refractivity contribution in [2.75, 3.05) is 21.3 Å². The molecule has 1 unspecified atom stereocenters. The summed E-state index contributed by atoms with van der Waals surface area (Å²) in [4.78, 5) is 17.8. The second kappa shape index (κ2) is 9.08. The number of carbonyl (C=O) groups excluding carboxylic acids is 1. The zero-order valence-corrected chi connectivity index (χ0v) is 18.6. The lowest BCUT2D eigenvalue weighted by Gasteiger charge is -2.11. The van der Waals surface area contributed by atoms with Gasteiger partial charge in [-0.15, -0.1) is 11.3 Å². The summed E-state index contributed by atoms with van der Waals surface area (Å²) < 4.78 is 15.9. The third kappa shape index (κ3) is 4.01. The minimum atomic E-state index is -0.982. The number of nitriles is 1. The molecule has 1 atom stereocenters. The quantitative estimate of drug-likeness (QED) is 0.351. The van der Waals surface area contributed by atoms with Gasteiger partial charge in [0.2, 0.25) is 0 Å². The van der Waals surface area contributed by atoms with E-state index in [0.29, 0.717) is 22.1 Å². The van der Waals surface area contributed by atoms with E-state index in [1.165, 1.54) is 11.3 Å². The van der Waals surface area contributed by atoms with E-state index in [9.17, 15) is 10.1 Å². The van der Waals surface area contributed by atoms with Crippen LogP contribution in [0, 0.1) is 11.3 Å². The number of benzene rings is 3. The molecule has 0 saturated carbocycles. The maximum Gasteiger partial charge on any atom is 0.186 e. The van der Waals surface area contributed by atoms with Crippen molar-refractivity contribution in [1.29, 1.82) is 5.26 Å². The van der Waals surface area contributed by atoms with Gasteiger partial charge in [-0.05, 0) is 53.2 Å². The fraction of sp³-hybridized carbons (Fsp3) is 0.160. The summed E-state index contributed by atoms with van der Waals surface area (Å²) in [5.74, 6) is 0.664. The van der Waals surface area contributed by atoms with Crippen LogP contribution in [0.25, 0.3) is 22.0 Å². The summed E-state index contributed by atoms with van der Waals surface area (Å²) in [6.07, 6.45) is 0. The van der Waals surface area contributed by atoms with Crippen LogP contribution in [-0.4, -0.2) is 32.1 Å². The van der Waals surface area contributed by atoms with E-state index in [0.717, 1.165) is 27.8 Å². The van der Waals surface area contributed by atoms with Crippen LogP contribution in [0.15, 0.2) is 60.0 Å². The summed E-state index contributed by atoms with van der Waals surface area (Å²) in [7, 11) is 4.75. The van der Waals surface area contributed by atoms with Gasteiger partial charge in [-0.2, -0.15) is 5.26 Å². The van der Waals surface area contributed by atoms with E-state index in [1.807, 2.05) is 47.8 Å². The molecule has 3 aromatic carbocycles. The van der Waals surface area contributed by atoms with E-state index in [4.69, 9.17) is 14.2 Å². The molecule has 160 valence electrons. The van der Waals surface area contributed by atoms with E-state index in [1.54, 1.807) is 33.5 Å². The Morgan fingerprint density at radius 1 is 0.938 bits per heavy atom. The Kier molecular flexibility index (Phi) is 6.06. The summed E-state index contributed by atoms with van der Waals surface area (Å²) in [5, 5.41) is 13.8. The Bertz CT molecular complexity index is 1320. The van der Waals surface area contributed by atoms with Gasteiger partial charge in [-0.3, -0.25) is 4.79 Å². The highest BCUT2D eigenvalue weighted by molar-refractivity contribution is 7.10. The molecule has 0 fully saturated rings. The number of nitrogens with zero attached hydrogens (tertiary/aromatic N) is 2. The number of thiazole rings is 1. The van der Waals surface area contributed by atoms with Crippen molar-refractivity contribution in [2.24, 2.45) is 0 Å². The highest BCUT2D eigenvalue weighted by atomic mass is 32.1. The first-order valence-corrected chi connectivity index (χ1v) is 10.7. The molecule has 1 heterocycles. The molecule has 0 aliphatic heterocycles. The highest BCUT2D eigenvalue weighted by Crippen LogP contribution is 2.34. The van der Waals surface area contributed by atoms with Crippen LogP contribution >= 0.6 is 11.3 Å². The van der Waals surface area contributed by atoms with Gasteiger partial charge in [0, 0.05) is 16.5 Å². The van der Waals surface area contributed by atoms with Gasteiger partial charge < -0.3 is 14.2 Å². The van der Waals surface area contributed by atoms with Gasteiger partial charge in [-0.1, -0.05) is 12.1 Å². The van der Waals surface area contributed by atoms with Crippen LogP contribution in [0.2, 0.25) is 0 Å². The monoisotopic (exact) mass is 444 g/mol. The van der Waals surface area contributed by atoms with Gasteiger partial charge in [-0.25, -0.2) is 4.98 Å². The molecule has 0 aliphatic carbocycles. The number of ether oxygens (including phenoxy) is 3. The van der Waals surface area contributed by atoms with Crippen molar-refractivity contribution in [3.8, 4) is 34.6 Å². The number of Topliss-reactive ketones (excluding diaryl/α,β-unsaturated/α-hetero) is 1. The Labute approximate surface area is 189 Å². The van der Waals surface area contributed by atoms with E-state index in [2.05, 4.69) is 11.1 Å². The first kappa shape index (κ1) is 21.3. The molecular weight excluding hydrogens is 424 g/mol. The highest BCUT2D eigenvalue weighted by Gasteiger charge is 2.25. The molecule has 0 N–H and O–H groups in total. The van der Waals surface area contributed by atoms with Crippen molar-refractivity contribution in [1.82, 2.24) is 4.98 Å². The fourth-order valence-corrected chi connectivity index (χ4v) is 4.30. The number of hydrogen-bond donors (Lipinski definition) is 0. The second-order valence-corrected chi connectivity index (χ2v) is 7.88. The standard InChI is InChI=1S/C25H20N2O4S/c1-29-19-8-6-15(7-9-19)21-14-32-25(27-21)20(13-26)24(28)17-5-4-16-11-22(30-2)23(31-3)12-18(16)10-17/h4-12,14,20H,1-3H3. The molecule has 1 aromatic heterocycles. The average Bonchev–Trinajstić information content (AvgIpc) is 3.33. The van der Waals surface area contributed by atoms with Gasteiger partial charge in [0.05, 0.1) is 33.1 Å². The Morgan fingerprint density at radius 3 is 2.25 bits per heavy atom. The molecule has 6 nitrogen and oxygen atoms in total. The maximum absolute atomic E-state index is 13.2. The zero-order valence-electron chi connectivity index (χ0n) is 17.8. The van der Waals surface area contributed by atoms with Crippen LogP contribution in [0.1, 0.15) is 21.3 Å². The van der Waals surface area contributed by atoms with E-state index < -0.39 is 5.92 Å². The summed E-state index contributed by atoms with van der Waals surface area (Å²) in [5.41, 5.74) is 2.05. The number of carbonyl (C=O) groups is 1. The molecule has 0 aliphatic rings. The van der Waals surface area contributed by atoms with Gasteiger partial charge in [0.1, 0.15) is 10.8 Å². The minimum absolute atomic E-state index is 0.292. The van der Waals surface area contributed by atoms with Crippen LogP contribution in [0.5, 0.6) is 17.2 Å². The number of methoxy groups -OCH3 is 3. The maximum atomic E-state index is 13.2. The molecule has 32 heavy (non-hydrogen) atoms. The molecule has 0 saturated heterocycles. The van der Waals surface area contributed by atoms with Crippen molar-refractivity contribution in [3.05, 3.63) is 70.5 Å². The van der Waals surface area contributed by atoms with E-state index in [-0.39, 0.29) is 5.78 Å². The lowest BCUT2D eigenvalue weighted by atomic mass is 9.96. The lowest BCUT2D eigenvalue weighted by molar-refractivity contribution is 0.0979. The summed E-state index contributed by atoms with van der Waals surface area (Å²) in [6, 6.07) is 18.6. The van der Waals surface area contributed by atoms with Crippen LogP contribution in [-0.2, 0) is 0 Å². The molecule has 0 amide bonds.